The van der Waals surface area contributed by atoms with Gasteiger partial charge in [0, 0.05) is 6.42 Å². The lowest BCUT2D eigenvalue weighted by Crippen LogP contribution is -2.25. The second-order valence-electron chi connectivity index (χ2n) is 10.5. The lowest BCUT2D eigenvalue weighted by Gasteiger charge is -2.18. The normalized spacial score (nSPS) is 12.6. The zero-order valence-corrected chi connectivity index (χ0v) is 22.8. The van der Waals surface area contributed by atoms with Crippen LogP contribution in [0.2, 0.25) is 0 Å². The molecule has 0 aromatic carbocycles. The number of ether oxygens (including phenoxy) is 1. The van der Waals surface area contributed by atoms with Crippen LogP contribution in [0.4, 0.5) is 0 Å². The first-order valence-corrected chi connectivity index (χ1v) is 14.4. The molecule has 3 heteroatoms. The van der Waals surface area contributed by atoms with Gasteiger partial charge in [-0.1, -0.05) is 118 Å². The molecular weight excluding hydrogens is 394 g/mol. The molecule has 0 aromatic rings. The molecule has 0 saturated carbocycles. The Kier molecular flexibility index (Phi) is 23.2. The number of nitrogens with zero attached hydrogens (tertiary/aromatic N) is 1. The van der Waals surface area contributed by atoms with Crippen molar-refractivity contribution in [2.24, 2.45) is 11.8 Å². The van der Waals surface area contributed by atoms with Crippen LogP contribution in [0.15, 0.2) is 0 Å². The highest BCUT2D eigenvalue weighted by molar-refractivity contribution is 5.69. The third-order valence-electron chi connectivity index (χ3n) is 6.67. The summed E-state index contributed by atoms with van der Waals surface area (Å²) >= 11 is 0. The number of carbonyl (C=O) groups is 1. The number of hydrogen-bond acceptors (Lipinski definition) is 3. The van der Waals surface area contributed by atoms with Gasteiger partial charge in [0.1, 0.15) is 0 Å². The Hall–Kier alpha value is -0.570. The number of esters is 1. The Morgan fingerprint density at radius 3 is 1.75 bits per heavy atom. The van der Waals surface area contributed by atoms with Crippen LogP contribution >= 0.6 is 0 Å². The molecule has 0 bridgehead atoms. The summed E-state index contributed by atoms with van der Waals surface area (Å²) in [4.78, 5) is 14.2. The van der Waals surface area contributed by atoms with Crippen molar-refractivity contribution in [3.8, 4) is 0 Å². The molecule has 0 rings (SSSR count). The fraction of sp³-hybridized carbons (Fsp3) is 0.966. The van der Waals surface area contributed by atoms with Gasteiger partial charge in [0.25, 0.3) is 0 Å². The number of unbranched alkanes of at least 4 members (excludes halogenated alkanes) is 9. The van der Waals surface area contributed by atoms with E-state index in [0.717, 1.165) is 44.3 Å². The molecule has 0 aliphatic rings. The van der Waals surface area contributed by atoms with Gasteiger partial charge < -0.3 is 9.64 Å². The molecule has 0 heterocycles. The quantitative estimate of drug-likeness (QED) is 0.108. The van der Waals surface area contributed by atoms with Gasteiger partial charge in [0.2, 0.25) is 0 Å². The monoisotopic (exact) mass is 453 g/mol. The van der Waals surface area contributed by atoms with Crippen molar-refractivity contribution < 1.29 is 9.53 Å². The zero-order valence-electron chi connectivity index (χ0n) is 22.8. The van der Waals surface area contributed by atoms with Crippen LogP contribution in [0.25, 0.3) is 0 Å². The molecule has 0 aliphatic heterocycles. The molecule has 0 radical (unpaired) electrons. The van der Waals surface area contributed by atoms with Gasteiger partial charge in [-0.2, -0.15) is 0 Å². The lowest BCUT2D eigenvalue weighted by molar-refractivity contribution is -0.143. The minimum atomic E-state index is -0.0119. The SMILES string of the molecule is CCCN(CC)CCCC(=O)OCCCCCCCC[C@@H](C)CCCCCCCC(C)C. The number of hydrogen-bond donors (Lipinski definition) is 0. The molecule has 0 aliphatic carbocycles. The first-order chi connectivity index (χ1) is 15.5. The Balaban J connectivity index is 3.35. The average molecular weight is 454 g/mol. The number of carbonyl (C=O) groups excluding carboxylic acids is 1. The lowest BCUT2D eigenvalue weighted by atomic mass is 9.95. The van der Waals surface area contributed by atoms with Crippen molar-refractivity contribution in [2.75, 3.05) is 26.2 Å². The van der Waals surface area contributed by atoms with E-state index in [1.165, 1.54) is 89.9 Å². The summed E-state index contributed by atoms with van der Waals surface area (Å²) in [5.41, 5.74) is 0. The fourth-order valence-electron chi connectivity index (χ4n) is 4.47. The summed E-state index contributed by atoms with van der Waals surface area (Å²) in [5, 5.41) is 0. The van der Waals surface area contributed by atoms with Crippen molar-refractivity contribution in [3.63, 3.8) is 0 Å². The van der Waals surface area contributed by atoms with E-state index in [1.807, 2.05) is 0 Å². The van der Waals surface area contributed by atoms with Crippen LogP contribution in [0.3, 0.4) is 0 Å². The number of rotatable bonds is 24. The van der Waals surface area contributed by atoms with Crippen molar-refractivity contribution in [1.82, 2.24) is 4.90 Å². The Bertz CT molecular complexity index is 397. The van der Waals surface area contributed by atoms with E-state index in [2.05, 4.69) is 39.5 Å². The van der Waals surface area contributed by atoms with Crippen molar-refractivity contribution in [1.29, 1.82) is 0 Å². The molecule has 3 nitrogen and oxygen atoms in total. The molecule has 0 fully saturated rings. The topological polar surface area (TPSA) is 29.5 Å². The zero-order chi connectivity index (χ0) is 23.9. The third-order valence-corrected chi connectivity index (χ3v) is 6.67. The Morgan fingerprint density at radius 1 is 0.688 bits per heavy atom. The van der Waals surface area contributed by atoms with Crippen molar-refractivity contribution in [3.05, 3.63) is 0 Å². The van der Waals surface area contributed by atoms with E-state index in [1.54, 1.807) is 0 Å². The minimum absolute atomic E-state index is 0.0119. The summed E-state index contributed by atoms with van der Waals surface area (Å²) in [5.74, 6) is 1.76. The summed E-state index contributed by atoms with van der Waals surface area (Å²) in [7, 11) is 0. The summed E-state index contributed by atoms with van der Waals surface area (Å²) < 4.78 is 5.40. The smallest absolute Gasteiger partial charge is 0.305 e. The maximum Gasteiger partial charge on any atom is 0.305 e. The standard InChI is InChI=1S/C29H59NO2/c1-6-24-30(7-2)25-19-23-29(31)32-26-18-14-9-8-12-16-21-28(5)22-17-13-10-11-15-20-27(3)4/h27-28H,6-26H2,1-5H3/t28-/m1/s1. The predicted octanol–water partition coefficient (Wildman–Crippen LogP) is 8.80. The van der Waals surface area contributed by atoms with Gasteiger partial charge in [0.15, 0.2) is 0 Å². The molecule has 0 aromatic heterocycles. The Morgan fingerprint density at radius 2 is 1.22 bits per heavy atom. The highest BCUT2D eigenvalue weighted by atomic mass is 16.5. The molecule has 1 atom stereocenters. The highest BCUT2D eigenvalue weighted by Gasteiger charge is 2.06. The molecule has 0 unspecified atom stereocenters. The van der Waals surface area contributed by atoms with Crippen molar-refractivity contribution in [2.45, 2.75) is 144 Å². The van der Waals surface area contributed by atoms with Gasteiger partial charge in [-0.25, -0.2) is 0 Å². The van der Waals surface area contributed by atoms with Crippen LogP contribution in [0, 0.1) is 11.8 Å². The van der Waals surface area contributed by atoms with E-state index in [4.69, 9.17) is 4.74 Å². The van der Waals surface area contributed by atoms with Crippen LogP contribution in [0.1, 0.15) is 144 Å². The van der Waals surface area contributed by atoms with Gasteiger partial charge in [-0.05, 0) is 50.7 Å². The highest BCUT2D eigenvalue weighted by Crippen LogP contribution is 2.19. The van der Waals surface area contributed by atoms with Gasteiger partial charge in [-0.15, -0.1) is 0 Å². The maximum atomic E-state index is 11.8. The first kappa shape index (κ1) is 31.4. The molecule has 0 amide bonds. The summed E-state index contributed by atoms with van der Waals surface area (Å²) in [6.07, 6.45) is 21.6. The van der Waals surface area contributed by atoms with Crippen LogP contribution in [-0.4, -0.2) is 37.1 Å². The van der Waals surface area contributed by atoms with E-state index in [9.17, 15) is 4.79 Å². The molecule has 0 spiro atoms. The van der Waals surface area contributed by atoms with Crippen LogP contribution < -0.4 is 0 Å². The van der Waals surface area contributed by atoms with E-state index in [0.29, 0.717) is 13.0 Å². The molecule has 0 N–H and O–H groups in total. The van der Waals surface area contributed by atoms with Gasteiger partial charge in [-0.3, -0.25) is 4.79 Å². The van der Waals surface area contributed by atoms with Crippen LogP contribution in [0.5, 0.6) is 0 Å². The van der Waals surface area contributed by atoms with E-state index < -0.39 is 0 Å². The van der Waals surface area contributed by atoms with Gasteiger partial charge >= 0.3 is 5.97 Å². The molecule has 0 saturated heterocycles. The van der Waals surface area contributed by atoms with E-state index >= 15 is 0 Å². The predicted molar refractivity (Wildman–Crippen MR) is 141 cm³/mol. The molecule has 32 heavy (non-hydrogen) atoms. The second-order valence-corrected chi connectivity index (χ2v) is 10.5. The second kappa shape index (κ2) is 23.6. The van der Waals surface area contributed by atoms with E-state index in [-0.39, 0.29) is 5.97 Å². The maximum absolute atomic E-state index is 11.8. The summed E-state index contributed by atoms with van der Waals surface area (Å²) in [6.45, 7) is 15.3. The fourth-order valence-corrected chi connectivity index (χ4v) is 4.47. The largest absolute Gasteiger partial charge is 0.466 e. The Labute approximate surface area is 202 Å². The summed E-state index contributed by atoms with van der Waals surface area (Å²) in [6, 6.07) is 0. The third kappa shape index (κ3) is 22.6. The van der Waals surface area contributed by atoms with Crippen LogP contribution in [-0.2, 0) is 9.53 Å². The van der Waals surface area contributed by atoms with Gasteiger partial charge in [0.05, 0.1) is 6.61 Å². The minimum Gasteiger partial charge on any atom is -0.466 e. The van der Waals surface area contributed by atoms with Crippen molar-refractivity contribution >= 4 is 5.97 Å². The first-order valence-electron chi connectivity index (χ1n) is 14.4. The molecular formula is C29H59NO2. The molecule has 192 valence electrons. The average Bonchev–Trinajstić information content (AvgIpc) is 2.76.